The SMILES string of the molecule is COCCCCNc1ccc(C(N)=S)c(C(F)(F)F)c1. The first-order valence-corrected chi connectivity index (χ1v) is 6.51. The molecule has 0 fully saturated rings. The Morgan fingerprint density at radius 2 is 2.05 bits per heavy atom. The molecule has 0 bridgehead atoms. The topological polar surface area (TPSA) is 47.3 Å². The minimum Gasteiger partial charge on any atom is -0.389 e. The highest BCUT2D eigenvalue weighted by Gasteiger charge is 2.34. The van der Waals surface area contributed by atoms with Crippen LogP contribution in [0, 0.1) is 0 Å². The van der Waals surface area contributed by atoms with Crippen LogP contribution in [0.2, 0.25) is 0 Å². The van der Waals surface area contributed by atoms with E-state index in [0.717, 1.165) is 18.9 Å². The summed E-state index contributed by atoms with van der Waals surface area (Å²) in [7, 11) is 1.61. The van der Waals surface area contributed by atoms with Crippen molar-refractivity contribution in [3.8, 4) is 0 Å². The van der Waals surface area contributed by atoms with Crippen LogP contribution in [-0.4, -0.2) is 25.2 Å². The van der Waals surface area contributed by atoms with E-state index < -0.39 is 11.7 Å². The number of thiocarbonyl (C=S) groups is 1. The van der Waals surface area contributed by atoms with Gasteiger partial charge < -0.3 is 15.8 Å². The minimum atomic E-state index is -4.48. The molecule has 0 aliphatic heterocycles. The summed E-state index contributed by atoms with van der Waals surface area (Å²) in [5.74, 6) is 0. The Hall–Kier alpha value is -1.34. The molecule has 0 amide bonds. The molecule has 0 heterocycles. The van der Waals surface area contributed by atoms with Crippen LogP contribution in [0.25, 0.3) is 0 Å². The number of halogens is 3. The molecule has 0 atom stereocenters. The maximum absolute atomic E-state index is 12.9. The number of nitrogens with one attached hydrogen (secondary N) is 1. The average molecular weight is 306 g/mol. The summed E-state index contributed by atoms with van der Waals surface area (Å²) in [6, 6.07) is 3.87. The number of rotatable bonds is 7. The van der Waals surface area contributed by atoms with E-state index in [0.29, 0.717) is 18.8 Å². The third-order valence-corrected chi connectivity index (χ3v) is 2.91. The summed E-state index contributed by atoms with van der Waals surface area (Å²) < 4.78 is 43.6. The van der Waals surface area contributed by atoms with Crippen molar-refractivity contribution >= 4 is 22.9 Å². The van der Waals surface area contributed by atoms with Crippen LogP contribution in [-0.2, 0) is 10.9 Å². The van der Waals surface area contributed by atoms with Gasteiger partial charge in [-0.05, 0) is 31.0 Å². The fraction of sp³-hybridized carbons (Fsp3) is 0.462. The van der Waals surface area contributed by atoms with Crippen LogP contribution in [0.3, 0.4) is 0 Å². The van der Waals surface area contributed by atoms with Crippen LogP contribution in [0.4, 0.5) is 18.9 Å². The summed E-state index contributed by atoms with van der Waals surface area (Å²) in [4.78, 5) is -0.260. The Bertz CT molecular complexity index is 463. The Labute approximate surface area is 121 Å². The molecule has 1 rings (SSSR count). The summed E-state index contributed by atoms with van der Waals surface area (Å²) in [5, 5.41) is 2.94. The number of alkyl halides is 3. The lowest BCUT2D eigenvalue weighted by atomic mass is 10.1. The molecule has 0 aliphatic rings. The molecule has 1 aromatic carbocycles. The van der Waals surface area contributed by atoms with Gasteiger partial charge in [0.2, 0.25) is 0 Å². The quantitative estimate of drug-likeness (QED) is 0.600. The average Bonchev–Trinajstić information content (AvgIpc) is 2.37. The second-order valence-corrected chi connectivity index (χ2v) is 4.69. The van der Waals surface area contributed by atoms with E-state index in [2.05, 4.69) is 17.5 Å². The van der Waals surface area contributed by atoms with Crippen LogP contribution in [0.15, 0.2) is 18.2 Å². The van der Waals surface area contributed by atoms with Gasteiger partial charge in [0.05, 0.1) is 5.56 Å². The number of ether oxygens (including phenoxy) is 1. The molecule has 7 heteroatoms. The smallest absolute Gasteiger partial charge is 0.389 e. The summed E-state index contributed by atoms with van der Waals surface area (Å²) >= 11 is 4.64. The molecule has 0 saturated heterocycles. The fourth-order valence-corrected chi connectivity index (χ4v) is 1.89. The summed E-state index contributed by atoms with van der Waals surface area (Å²) in [6.07, 6.45) is -2.82. The zero-order chi connectivity index (χ0) is 15.2. The number of nitrogens with two attached hydrogens (primary N) is 1. The Morgan fingerprint density at radius 1 is 1.35 bits per heavy atom. The Kier molecular flexibility index (Phi) is 6.22. The molecule has 0 unspecified atom stereocenters. The first kappa shape index (κ1) is 16.7. The van der Waals surface area contributed by atoms with Gasteiger partial charge in [0.25, 0.3) is 0 Å². The van der Waals surface area contributed by atoms with Gasteiger partial charge in [0.15, 0.2) is 0 Å². The van der Waals surface area contributed by atoms with Crippen molar-refractivity contribution in [2.75, 3.05) is 25.6 Å². The van der Waals surface area contributed by atoms with Crippen LogP contribution in [0.1, 0.15) is 24.0 Å². The van der Waals surface area contributed by atoms with Crippen molar-refractivity contribution in [2.45, 2.75) is 19.0 Å². The highest BCUT2D eigenvalue weighted by atomic mass is 32.1. The lowest BCUT2D eigenvalue weighted by Gasteiger charge is -2.14. The van der Waals surface area contributed by atoms with Gasteiger partial charge in [-0.15, -0.1) is 0 Å². The molecule has 0 aliphatic carbocycles. The van der Waals surface area contributed by atoms with E-state index in [4.69, 9.17) is 10.5 Å². The number of hydrogen-bond acceptors (Lipinski definition) is 3. The first-order chi connectivity index (χ1) is 9.36. The van der Waals surface area contributed by atoms with E-state index in [1.807, 2.05) is 0 Å². The molecule has 0 aromatic heterocycles. The lowest BCUT2D eigenvalue weighted by molar-refractivity contribution is -0.137. The molecule has 3 nitrogen and oxygen atoms in total. The predicted octanol–water partition coefficient (Wildman–Crippen LogP) is 3.18. The van der Waals surface area contributed by atoms with Crippen molar-refractivity contribution < 1.29 is 17.9 Å². The van der Waals surface area contributed by atoms with Gasteiger partial charge in [-0.2, -0.15) is 13.2 Å². The van der Waals surface area contributed by atoms with Gasteiger partial charge in [-0.1, -0.05) is 12.2 Å². The van der Waals surface area contributed by atoms with E-state index in [1.54, 1.807) is 13.2 Å². The maximum Gasteiger partial charge on any atom is 0.417 e. The number of benzene rings is 1. The Morgan fingerprint density at radius 3 is 2.60 bits per heavy atom. The van der Waals surface area contributed by atoms with Gasteiger partial charge in [0.1, 0.15) is 4.99 Å². The minimum absolute atomic E-state index is 0.155. The molecule has 0 saturated carbocycles. The largest absolute Gasteiger partial charge is 0.417 e. The van der Waals surface area contributed by atoms with Crippen LogP contribution < -0.4 is 11.1 Å². The second-order valence-electron chi connectivity index (χ2n) is 4.25. The molecule has 0 radical (unpaired) electrons. The third kappa shape index (κ3) is 4.97. The van der Waals surface area contributed by atoms with Crippen LogP contribution in [0.5, 0.6) is 0 Å². The second kappa shape index (κ2) is 7.44. The fourth-order valence-electron chi connectivity index (χ4n) is 1.71. The van der Waals surface area contributed by atoms with Gasteiger partial charge >= 0.3 is 6.18 Å². The standard InChI is InChI=1S/C13H17F3N2OS/c1-19-7-3-2-6-18-9-4-5-10(12(17)20)11(8-9)13(14,15)16/h4-5,8,18H,2-3,6-7H2,1H3,(H2,17,20). The molecule has 112 valence electrons. The van der Waals surface area contributed by atoms with Gasteiger partial charge in [-0.3, -0.25) is 0 Å². The van der Waals surface area contributed by atoms with E-state index in [-0.39, 0.29) is 10.6 Å². The monoisotopic (exact) mass is 306 g/mol. The maximum atomic E-state index is 12.9. The lowest BCUT2D eigenvalue weighted by Crippen LogP contribution is -2.18. The summed E-state index contributed by atoms with van der Waals surface area (Å²) in [6.45, 7) is 1.21. The Balaban J connectivity index is 2.77. The van der Waals surface area contributed by atoms with Gasteiger partial charge in [-0.25, -0.2) is 0 Å². The predicted molar refractivity (Wildman–Crippen MR) is 76.9 cm³/mol. The first-order valence-electron chi connectivity index (χ1n) is 6.10. The normalized spacial score (nSPS) is 11.4. The zero-order valence-electron chi connectivity index (χ0n) is 11.1. The zero-order valence-corrected chi connectivity index (χ0v) is 11.9. The highest BCUT2D eigenvalue weighted by molar-refractivity contribution is 7.80. The van der Waals surface area contributed by atoms with E-state index in [1.165, 1.54) is 6.07 Å². The number of methoxy groups -OCH3 is 1. The van der Waals surface area contributed by atoms with E-state index >= 15 is 0 Å². The number of hydrogen-bond donors (Lipinski definition) is 2. The number of anilines is 1. The number of unbranched alkanes of at least 4 members (excludes halogenated alkanes) is 1. The van der Waals surface area contributed by atoms with Crippen molar-refractivity contribution in [3.05, 3.63) is 29.3 Å². The molecular weight excluding hydrogens is 289 g/mol. The molecule has 1 aromatic rings. The van der Waals surface area contributed by atoms with Crippen molar-refractivity contribution in [1.82, 2.24) is 0 Å². The van der Waals surface area contributed by atoms with E-state index in [9.17, 15) is 13.2 Å². The molecular formula is C13H17F3N2OS. The molecule has 20 heavy (non-hydrogen) atoms. The summed E-state index contributed by atoms with van der Waals surface area (Å²) in [5.41, 5.74) is 4.74. The molecule has 0 spiro atoms. The van der Waals surface area contributed by atoms with Crippen molar-refractivity contribution in [2.24, 2.45) is 5.73 Å². The highest BCUT2D eigenvalue weighted by Crippen LogP contribution is 2.33. The molecule has 3 N–H and O–H groups in total. The van der Waals surface area contributed by atoms with Crippen LogP contribution >= 0.6 is 12.2 Å². The van der Waals surface area contributed by atoms with Crippen molar-refractivity contribution in [3.63, 3.8) is 0 Å². The van der Waals surface area contributed by atoms with Crippen molar-refractivity contribution in [1.29, 1.82) is 0 Å². The third-order valence-electron chi connectivity index (χ3n) is 2.69. The van der Waals surface area contributed by atoms with Gasteiger partial charge in [0, 0.05) is 31.5 Å².